The molecule has 0 radical (unpaired) electrons. The molecule has 35 heavy (non-hydrogen) atoms. The van der Waals surface area contributed by atoms with E-state index in [4.69, 9.17) is 18.9 Å². The largest absolute Gasteiger partial charge is 0.462 e. The molecule has 2 fully saturated rings. The maximum absolute atomic E-state index is 11.7. The highest BCUT2D eigenvalue weighted by Crippen LogP contribution is 2.44. The third kappa shape index (κ3) is 9.36. The fourth-order valence-electron chi connectivity index (χ4n) is 5.48. The van der Waals surface area contributed by atoms with Gasteiger partial charge in [-0.3, -0.25) is 4.79 Å². The van der Waals surface area contributed by atoms with Crippen molar-refractivity contribution in [2.75, 3.05) is 0 Å². The molecule has 0 aromatic rings. The number of fused-ring (bicyclic) bond motifs is 1. The smallest absolute Gasteiger partial charge is 0.330 e. The van der Waals surface area contributed by atoms with Crippen LogP contribution in [0, 0.1) is 0 Å². The Balaban J connectivity index is 1.40. The number of aliphatic hydroxyl groups is 1. The molecular formula is C28H44O7. The van der Waals surface area contributed by atoms with Gasteiger partial charge in [0, 0.05) is 32.3 Å². The number of ether oxygens (including phenoxy) is 4. The number of carbonyl (C=O) groups excluding carboxylic acids is 2. The summed E-state index contributed by atoms with van der Waals surface area (Å²) in [5.74, 6) is -1.64. The first-order valence-electron chi connectivity index (χ1n) is 13.6. The predicted molar refractivity (Wildman–Crippen MR) is 133 cm³/mol. The molecule has 0 amide bonds. The molecule has 6 unspecified atom stereocenters. The molecule has 0 aromatic carbocycles. The van der Waals surface area contributed by atoms with Crippen LogP contribution in [0.4, 0.5) is 0 Å². The normalized spacial score (nSPS) is 31.0. The topological polar surface area (TPSA) is 91.3 Å². The first-order valence-corrected chi connectivity index (χ1v) is 13.6. The molecule has 3 aliphatic heterocycles. The fraction of sp³-hybridized carbons (Fsp3) is 0.786. The summed E-state index contributed by atoms with van der Waals surface area (Å²) in [7, 11) is 0. The zero-order chi connectivity index (χ0) is 25.1. The standard InChI is InChI=1S/C28H44O7/c1-3-4-5-6-7-8-9-10-11-12-13-14-23(32-21(2)29)18-24-17-22(30)19-28(34-24)20-26-25(35-28)15-16-27(31)33-26/h4-5,15-16,22-26,30H,3,6-14,17-20H2,1-2H3. The maximum atomic E-state index is 11.7. The average Bonchev–Trinajstić information content (AvgIpc) is 3.12. The highest BCUT2D eigenvalue weighted by molar-refractivity contribution is 5.83. The third-order valence-corrected chi connectivity index (χ3v) is 7.04. The molecule has 3 heterocycles. The summed E-state index contributed by atoms with van der Waals surface area (Å²) in [6.45, 7) is 3.60. The van der Waals surface area contributed by atoms with Crippen LogP contribution < -0.4 is 0 Å². The summed E-state index contributed by atoms with van der Waals surface area (Å²) in [5, 5.41) is 10.6. The second-order valence-corrected chi connectivity index (χ2v) is 10.3. The Kier molecular flexibility index (Phi) is 11.3. The van der Waals surface area contributed by atoms with Gasteiger partial charge in [0.25, 0.3) is 0 Å². The molecule has 1 N–H and O–H groups in total. The summed E-state index contributed by atoms with van der Waals surface area (Å²) >= 11 is 0. The maximum Gasteiger partial charge on any atom is 0.330 e. The van der Waals surface area contributed by atoms with Crippen LogP contribution in [0.15, 0.2) is 24.3 Å². The highest BCUT2D eigenvalue weighted by Gasteiger charge is 2.53. The lowest BCUT2D eigenvalue weighted by Gasteiger charge is -2.41. The number of rotatable bonds is 14. The lowest BCUT2D eigenvalue weighted by molar-refractivity contribution is -0.285. The highest BCUT2D eigenvalue weighted by atomic mass is 16.7. The van der Waals surface area contributed by atoms with E-state index in [1.54, 1.807) is 6.08 Å². The van der Waals surface area contributed by atoms with E-state index < -0.39 is 18.0 Å². The van der Waals surface area contributed by atoms with Crippen molar-refractivity contribution in [3.63, 3.8) is 0 Å². The van der Waals surface area contributed by atoms with Crippen LogP contribution in [-0.2, 0) is 28.5 Å². The molecule has 0 aliphatic carbocycles. The first kappa shape index (κ1) is 27.9. The Morgan fingerprint density at radius 2 is 1.89 bits per heavy atom. The van der Waals surface area contributed by atoms with E-state index in [2.05, 4.69) is 19.1 Å². The van der Waals surface area contributed by atoms with E-state index in [0.29, 0.717) is 25.7 Å². The van der Waals surface area contributed by atoms with Gasteiger partial charge in [-0.05, 0) is 44.6 Å². The van der Waals surface area contributed by atoms with E-state index in [0.717, 1.165) is 25.7 Å². The Bertz CT molecular complexity index is 733. The van der Waals surface area contributed by atoms with Crippen molar-refractivity contribution in [3.8, 4) is 0 Å². The van der Waals surface area contributed by atoms with Crippen LogP contribution in [0.2, 0.25) is 0 Å². The molecule has 3 rings (SSSR count). The molecule has 0 aromatic heterocycles. The molecule has 6 atom stereocenters. The van der Waals surface area contributed by atoms with Gasteiger partial charge in [-0.15, -0.1) is 0 Å². The fourth-order valence-corrected chi connectivity index (χ4v) is 5.48. The van der Waals surface area contributed by atoms with Crippen LogP contribution >= 0.6 is 0 Å². The molecule has 0 saturated carbocycles. The van der Waals surface area contributed by atoms with Crippen molar-refractivity contribution in [1.82, 2.24) is 0 Å². The van der Waals surface area contributed by atoms with Gasteiger partial charge < -0.3 is 24.1 Å². The van der Waals surface area contributed by atoms with Crippen molar-refractivity contribution >= 4 is 11.9 Å². The minimum Gasteiger partial charge on any atom is -0.462 e. The molecule has 2 saturated heterocycles. The van der Waals surface area contributed by atoms with E-state index >= 15 is 0 Å². The van der Waals surface area contributed by atoms with Crippen molar-refractivity contribution in [3.05, 3.63) is 24.3 Å². The van der Waals surface area contributed by atoms with Crippen LogP contribution in [-0.4, -0.2) is 53.4 Å². The predicted octanol–water partition coefficient (Wildman–Crippen LogP) is 5.29. The summed E-state index contributed by atoms with van der Waals surface area (Å²) in [4.78, 5) is 23.3. The monoisotopic (exact) mass is 492 g/mol. The second-order valence-electron chi connectivity index (χ2n) is 10.3. The van der Waals surface area contributed by atoms with E-state index in [1.165, 1.54) is 51.5 Å². The minimum absolute atomic E-state index is 0.244. The quantitative estimate of drug-likeness (QED) is 0.200. The van der Waals surface area contributed by atoms with E-state index in [-0.39, 0.29) is 30.3 Å². The Hall–Kier alpha value is -1.70. The van der Waals surface area contributed by atoms with Gasteiger partial charge >= 0.3 is 11.9 Å². The number of hydrogen-bond acceptors (Lipinski definition) is 7. The number of allylic oxidation sites excluding steroid dienone is 2. The van der Waals surface area contributed by atoms with Crippen LogP contribution in [0.5, 0.6) is 0 Å². The number of hydrogen-bond donors (Lipinski definition) is 1. The van der Waals surface area contributed by atoms with Gasteiger partial charge in [-0.1, -0.05) is 51.2 Å². The van der Waals surface area contributed by atoms with Crippen LogP contribution in [0.25, 0.3) is 0 Å². The second kappa shape index (κ2) is 14.1. The number of esters is 2. The molecule has 1 spiro atoms. The lowest BCUT2D eigenvalue weighted by Crippen LogP contribution is -2.47. The number of unbranched alkanes of at least 4 members (excludes halogenated alkanes) is 7. The molecule has 0 bridgehead atoms. The SMILES string of the molecule is CCC=CCCCCCCCCCC(CC1CC(O)CC2(CC3OC(=O)C=CC3O2)O1)OC(C)=O. The summed E-state index contributed by atoms with van der Waals surface area (Å²) < 4.78 is 23.5. The average molecular weight is 493 g/mol. The first-order chi connectivity index (χ1) is 16.9. The number of aliphatic hydroxyl groups excluding tert-OH is 1. The zero-order valence-corrected chi connectivity index (χ0v) is 21.5. The summed E-state index contributed by atoms with van der Waals surface area (Å²) in [6.07, 6.45) is 19.0. The zero-order valence-electron chi connectivity index (χ0n) is 21.5. The van der Waals surface area contributed by atoms with Crippen molar-refractivity contribution in [2.45, 2.75) is 140 Å². The number of carbonyl (C=O) groups is 2. The minimum atomic E-state index is -0.972. The van der Waals surface area contributed by atoms with Crippen LogP contribution in [0.3, 0.4) is 0 Å². The Morgan fingerprint density at radius 3 is 2.63 bits per heavy atom. The Morgan fingerprint density at radius 1 is 1.14 bits per heavy atom. The summed E-state index contributed by atoms with van der Waals surface area (Å²) in [6, 6.07) is 0. The summed E-state index contributed by atoms with van der Waals surface area (Å²) in [5.41, 5.74) is 0. The van der Waals surface area contributed by atoms with Gasteiger partial charge in [0.15, 0.2) is 5.79 Å². The Labute approximate surface area is 210 Å². The lowest BCUT2D eigenvalue weighted by atomic mass is 9.92. The third-order valence-electron chi connectivity index (χ3n) is 7.04. The molecule has 3 aliphatic rings. The van der Waals surface area contributed by atoms with Gasteiger partial charge in [0.05, 0.1) is 12.2 Å². The van der Waals surface area contributed by atoms with Crippen molar-refractivity contribution in [1.29, 1.82) is 0 Å². The van der Waals surface area contributed by atoms with Crippen molar-refractivity contribution in [2.24, 2.45) is 0 Å². The van der Waals surface area contributed by atoms with Gasteiger partial charge in [-0.2, -0.15) is 0 Å². The van der Waals surface area contributed by atoms with E-state index in [1.807, 2.05) is 0 Å². The van der Waals surface area contributed by atoms with Crippen molar-refractivity contribution < 1.29 is 33.6 Å². The van der Waals surface area contributed by atoms with Gasteiger partial charge in [0.2, 0.25) is 0 Å². The van der Waals surface area contributed by atoms with Crippen LogP contribution in [0.1, 0.15) is 104 Å². The van der Waals surface area contributed by atoms with E-state index in [9.17, 15) is 14.7 Å². The molecule has 198 valence electrons. The molecule has 7 heteroatoms. The van der Waals surface area contributed by atoms with Gasteiger partial charge in [-0.25, -0.2) is 4.79 Å². The van der Waals surface area contributed by atoms with Gasteiger partial charge in [0.1, 0.15) is 18.3 Å². The molecular weight excluding hydrogens is 448 g/mol. The molecule has 7 nitrogen and oxygen atoms in total.